The summed E-state index contributed by atoms with van der Waals surface area (Å²) in [5.74, 6) is -0.690. The van der Waals surface area contributed by atoms with E-state index in [4.69, 9.17) is 5.10 Å². The Kier molecular flexibility index (Phi) is 5.26. The predicted molar refractivity (Wildman–Crippen MR) is 146 cm³/mol. The molecule has 0 radical (unpaired) electrons. The lowest BCUT2D eigenvalue weighted by molar-refractivity contribution is -0.137. The third-order valence-electron chi connectivity index (χ3n) is 8.30. The minimum Gasteiger partial charge on any atom is -0.321 e. The summed E-state index contributed by atoms with van der Waals surface area (Å²) in [6, 6.07) is 10.1. The quantitative estimate of drug-likeness (QED) is 0.351. The summed E-state index contributed by atoms with van der Waals surface area (Å²) in [5, 5.41) is 13.6. The van der Waals surface area contributed by atoms with E-state index in [9.17, 15) is 14.4 Å². The molecule has 0 aliphatic carbocycles. The van der Waals surface area contributed by atoms with Gasteiger partial charge in [-0.1, -0.05) is 16.9 Å². The minimum absolute atomic E-state index is 0.000740. The molecule has 3 aliphatic heterocycles. The van der Waals surface area contributed by atoms with Gasteiger partial charge in [-0.3, -0.25) is 19.6 Å². The van der Waals surface area contributed by atoms with Gasteiger partial charge in [-0.2, -0.15) is 10.1 Å². The smallest absolute Gasteiger partial charge is 0.321 e. The van der Waals surface area contributed by atoms with Gasteiger partial charge in [0, 0.05) is 54.4 Å². The van der Waals surface area contributed by atoms with E-state index in [1.54, 1.807) is 40.3 Å². The normalized spacial score (nSPS) is 19.7. The molecule has 11 nitrogen and oxygen atoms in total. The fourth-order valence-corrected chi connectivity index (χ4v) is 6.22. The van der Waals surface area contributed by atoms with Crippen LogP contribution in [0.4, 0.5) is 10.3 Å². The Bertz CT molecular complexity index is 1930. The number of fused-ring (bicyclic) bond motifs is 2. The van der Waals surface area contributed by atoms with Crippen molar-refractivity contribution in [2.45, 2.75) is 32.2 Å². The fraction of sp³-hybridized carbons (Fsp3) is 0.286. The van der Waals surface area contributed by atoms with Crippen molar-refractivity contribution in [3.8, 4) is 11.1 Å². The van der Waals surface area contributed by atoms with Gasteiger partial charge in [0.05, 0.1) is 24.3 Å². The molecule has 40 heavy (non-hydrogen) atoms. The average Bonchev–Trinajstić information content (AvgIpc) is 3.51. The number of amides is 2. The molecule has 3 aliphatic rings. The maximum atomic E-state index is 15.7. The van der Waals surface area contributed by atoms with Gasteiger partial charge in [-0.15, -0.1) is 9.69 Å². The van der Waals surface area contributed by atoms with Gasteiger partial charge in [0.1, 0.15) is 31.0 Å². The number of piperidine rings is 1. The number of nitrogens with zero attached hydrogens (tertiary/aromatic N) is 7. The van der Waals surface area contributed by atoms with E-state index < -0.39 is 17.3 Å². The van der Waals surface area contributed by atoms with E-state index in [-0.39, 0.29) is 28.9 Å². The van der Waals surface area contributed by atoms with Gasteiger partial charge in [0.15, 0.2) is 0 Å². The van der Waals surface area contributed by atoms with Gasteiger partial charge in [0.2, 0.25) is 11.9 Å². The van der Waals surface area contributed by atoms with Crippen molar-refractivity contribution < 1.29 is 14.0 Å². The molecule has 1 fully saturated rings. The molecule has 2 amide bonds. The predicted octanol–water partition coefficient (Wildman–Crippen LogP) is 2.80. The molecule has 1 saturated heterocycles. The lowest BCUT2D eigenvalue weighted by atomic mass is 9.88. The van der Waals surface area contributed by atoms with E-state index in [1.807, 2.05) is 18.2 Å². The van der Waals surface area contributed by atoms with E-state index in [0.29, 0.717) is 53.5 Å². The highest BCUT2D eigenvalue weighted by molar-refractivity contribution is 6.00. The van der Waals surface area contributed by atoms with Crippen LogP contribution in [0, 0.1) is 5.82 Å². The minimum atomic E-state index is -0.455. The number of carbonyl (C=O) groups excluding carboxylic acids is 2. The number of quaternary nitrogens is 1. The number of carbonyl (C=O) groups is 2. The van der Waals surface area contributed by atoms with Crippen molar-refractivity contribution in [3.05, 3.63) is 70.7 Å². The molecular formula is C28H26FN8O3+. The summed E-state index contributed by atoms with van der Waals surface area (Å²) >= 11 is 0. The first-order chi connectivity index (χ1) is 19.2. The van der Waals surface area contributed by atoms with Gasteiger partial charge in [-0.05, 0) is 23.8 Å². The molecule has 8 rings (SSSR count). The van der Waals surface area contributed by atoms with Crippen LogP contribution in [-0.4, -0.2) is 54.1 Å². The van der Waals surface area contributed by atoms with Crippen LogP contribution in [0.2, 0.25) is 0 Å². The van der Waals surface area contributed by atoms with E-state index in [1.165, 1.54) is 18.3 Å². The summed E-state index contributed by atoms with van der Waals surface area (Å²) in [4.78, 5) is 43.5. The lowest BCUT2D eigenvalue weighted by Gasteiger charge is -2.39. The van der Waals surface area contributed by atoms with Crippen LogP contribution in [-0.2, 0) is 23.2 Å². The zero-order valence-electron chi connectivity index (χ0n) is 22.0. The van der Waals surface area contributed by atoms with Crippen LogP contribution in [0.15, 0.2) is 53.6 Å². The maximum absolute atomic E-state index is 15.7. The Labute approximate surface area is 227 Å². The van der Waals surface area contributed by atoms with Crippen molar-refractivity contribution in [1.29, 1.82) is 0 Å². The molecule has 12 heteroatoms. The highest BCUT2D eigenvalue weighted by atomic mass is 19.1. The second-order valence-corrected chi connectivity index (χ2v) is 10.6. The number of hydrogen-bond donors (Lipinski definition) is 1. The van der Waals surface area contributed by atoms with Gasteiger partial charge >= 0.3 is 5.91 Å². The van der Waals surface area contributed by atoms with Crippen molar-refractivity contribution in [1.82, 2.24) is 33.8 Å². The molecule has 3 aromatic heterocycles. The molecule has 6 heterocycles. The second kappa shape index (κ2) is 8.65. The molecule has 2 aromatic carbocycles. The fourth-order valence-electron chi connectivity index (χ4n) is 6.22. The first-order valence-electron chi connectivity index (χ1n) is 13.1. The average molecular weight is 542 g/mol. The van der Waals surface area contributed by atoms with Crippen LogP contribution < -0.4 is 15.5 Å². The van der Waals surface area contributed by atoms with Gasteiger partial charge < -0.3 is 4.57 Å². The molecule has 0 saturated carbocycles. The Morgan fingerprint density at radius 2 is 1.93 bits per heavy atom. The highest BCUT2D eigenvalue weighted by Gasteiger charge is 2.44. The molecular weight excluding hydrogens is 515 g/mol. The van der Waals surface area contributed by atoms with Gasteiger partial charge in [0.25, 0.3) is 5.56 Å². The van der Waals surface area contributed by atoms with Crippen LogP contribution in [0.5, 0.6) is 0 Å². The van der Waals surface area contributed by atoms with Crippen molar-refractivity contribution in [3.63, 3.8) is 0 Å². The van der Waals surface area contributed by atoms with E-state index >= 15 is 4.39 Å². The molecule has 0 spiro atoms. The number of aryl methyl sites for hydroxylation is 1. The molecule has 1 N–H and O–H groups in total. The van der Waals surface area contributed by atoms with Crippen molar-refractivity contribution in [2.75, 3.05) is 18.4 Å². The third-order valence-corrected chi connectivity index (χ3v) is 8.30. The molecule has 0 atom stereocenters. The Hall–Kier alpha value is -4.71. The van der Waals surface area contributed by atoms with Crippen LogP contribution in [0.25, 0.3) is 32.9 Å². The summed E-state index contributed by atoms with van der Waals surface area (Å²) in [6.07, 6.45) is 4.48. The standard InChI is InChI=1S/C28H25FN8O3/c1-16(38)37-10-7-17(8-11-37)27-26-19(20-13-23-18(12-21(20)29)14-30-36(23)37)4-3-5-22(26)35(33-27)15-25(40)32-28-31-24(39)6-9-34(28)2/h3-6,9,12-14,17H,7-8,10-11,15H2,1-2H3/p+1. The third kappa shape index (κ3) is 3.52. The largest absolute Gasteiger partial charge is 0.336 e. The number of rotatable bonds is 3. The molecule has 5 aromatic rings. The van der Waals surface area contributed by atoms with Gasteiger partial charge in [-0.25, -0.2) is 9.18 Å². The zero-order chi connectivity index (χ0) is 27.8. The number of halogens is 1. The molecule has 4 bridgehead atoms. The molecule has 0 unspecified atom stereocenters. The van der Waals surface area contributed by atoms with Crippen molar-refractivity contribution in [2.24, 2.45) is 7.05 Å². The van der Waals surface area contributed by atoms with E-state index in [0.717, 1.165) is 11.1 Å². The first kappa shape index (κ1) is 24.3. The van der Waals surface area contributed by atoms with Crippen LogP contribution in [0.1, 0.15) is 31.4 Å². The SMILES string of the molecule is CC(=O)[N+]12CCC(CC1)c1nn(CC(=O)Nc3nc(=O)ccn3C)c3cccc(c13)-c1cc3c(cnn32)cc1F. The summed E-state index contributed by atoms with van der Waals surface area (Å²) in [6.45, 7) is 2.50. The number of nitrogens with one attached hydrogen (secondary N) is 1. The summed E-state index contributed by atoms with van der Waals surface area (Å²) < 4.78 is 18.9. The summed E-state index contributed by atoms with van der Waals surface area (Å²) in [5.41, 5.74) is 2.78. The Morgan fingerprint density at radius 3 is 2.70 bits per heavy atom. The summed E-state index contributed by atoms with van der Waals surface area (Å²) in [7, 11) is 1.68. The highest BCUT2D eigenvalue weighted by Crippen LogP contribution is 2.42. The monoisotopic (exact) mass is 541 g/mol. The number of aromatic nitrogens is 6. The van der Waals surface area contributed by atoms with Crippen LogP contribution >= 0.6 is 0 Å². The zero-order valence-corrected chi connectivity index (χ0v) is 22.0. The lowest BCUT2D eigenvalue weighted by Crippen LogP contribution is -2.65. The molecule has 202 valence electrons. The van der Waals surface area contributed by atoms with E-state index in [2.05, 4.69) is 15.4 Å². The number of benzene rings is 2. The maximum Gasteiger partial charge on any atom is 0.336 e. The Balaban J connectivity index is 1.41. The Morgan fingerprint density at radius 1 is 1.12 bits per heavy atom. The second-order valence-electron chi connectivity index (χ2n) is 10.6. The van der Waals surface area contributed by atoms with Crippen molar-refractivity contribution >= 4 is 39.6 Å². The first-order valence-corrected chi connectivity index (χ1v) is 13.1. The topological polar surface area (TPSA) is 117 Å². The van der Waals surface area contributed by atoms with Crippen LogP contribution in [0.3, 0.4) is 0 Å². The number of hydrogen-bond acceptors (Lipinski definition) is 6. The number of anilines is 1.